The summed E-state index contributed by atoms with van der Waals surface area (Å²) in [5, 5.41) is 2.87. The molecule has 0 radical (unpaired) electrons. The van der Waals surface area contributed by atoms with Gasteiger partial charge >= 0.3 is 5.97 Å². The number of nitrogens with zero attached hydrogens (tertiary/aromatic N) is 2. The van der Waals surface area contributed by atoms with Gasteiger partial charge in [-0.15, -0.1) is 0 Å². The maximum Gasteiger partial charge on any atom is 0.338 e. The van der Waals surface area contributed by atoms with Gasteiger partial charge in [-0.25, -0.2) is 13.2 Å². The zero-order valence-electron chi connectivity index (χ0n) is 22.4. The van der Waals surface area contributed by atoms with E-state index < -0.39 is 10.0 Å². The van der Waals surface area contributed by atoms with E-state index in [0.717, 1.165) is 24.0 Å². The molecule has 0 saturated carbocycles. The summed E-state index contributed by atoms with van der Waals surface area (Å²) in [6.07, 6.45) is 1.78. The number of amides is 1. The monoisotopic (exact) mass is 549 g/mol. The van der Waals surface area contributed by atoms with Gasteiger partial charge < -0.3 is 10.1 Å². The molecule has 3 aromatic rings. The molecule has 1 heterocycles. The summed E-state index contributed by atoms with van der Waals surface area (Å²) in [6, 6.07) is 21.0. The lowest BCUT2D eigenvalue weighted by Gasteiger charge is -2.34. The first kappa shape index (κ1) is 28.5. The average Bonchev–Trinajstić information content (AvgIpc) is 2.94. The Hall–Kier alpha value is -3.53. The van der Waals surface area contributed by atoms with E-state index in [9.17, 15) is 18.0 Å². The molecule has 206 valence electrons. The number of esters is 1. The number of aryl methyl sites for hydroxylation is 1. The molecule has 4 rings (SSSR count). The minimum atomic E-state index is -3.51. The van der Waals surface area contributed by atoms with Gasteiger partial charge in [-0.1, -0.05) is 43.2 Å². The molecule has 9 heteroatoms. The van der Waals surface area contributed by atoms with Crippen molar-refractivity contribution in [3.8, 4) is 0 Å². The molecule has 3 aromatic carbocycles. The van der Waals surface area contributed by atoms with Gasteiger partial charge in [0.1, 0.15) is 0 Å². The molecular weight excluding hydrogens is 514 g/mol. The molecule has 8 nitrogen and oxygen atoms in total. The Morgan fingerprint density at radius 1 is 0.897 bits per heavy atom. The van der Waals surface area contributed by atoms with Gasteiger partial charge in [0.15, 0.2) is 0 Å². The number of piperazine rings is 1. The highest BCUT2D eigenvalue weighted by molar-refractivity contribution is 7.89. The number of ether oxygens (including phenoxy) is 1. The fourth-order valence-electron chi connectivity index (χ4n) is 4.34. The number of rotatable bonds is 10. The van der Waals surface area contributed by atoms with Crippen LogP contribution in [0.2, 0.25) is 0 Å². The van der Waals surface area contributed by atoms with E-state index in [0.29, 0.717) is 61.0 Å². The first-order valence-corrected chi connectivity index (χ1v) is 14.7. The van der Waals surface area contributed by atoms with Crippen LogP contribution in [-0.4, -0.2) is 62.3 Å². The Balaban J connectivity index is 1.30. The molecule has 0 spiro atoms. The van der Waals surface area contributed by atoms with E-state index in [2.05, 4.69) is 10.2 Å². The number of unbranched alkanes of at least 4 members (excludes halogenated alkanes) is 1. The maximum absolute atomic E-state index is 13.0. The van der Waals surface area contributed by atoms with Crippen molar-refractivity contribution in [3.05, 3.63) is 95.1 Å². The maximum atomic E-state index is 13.0. The molecular formula is C30H35N3O5S. The van der Waals surface area contributed by atoms with Gasteiger partial charge in [0.05, 0.1) is 17.1 Å². The van der Waals surface area contributed by atoms with Crippen LogP contribution in [0.4, 0.5) is 5.69 Å². The Kier molecular flexibility index (Phi) is 9.50. The summed E-state index contributed by atoms with van der Waals surface area (Å²) in [6.45, 7) is 7.02. The summed E-state index contributed by atoms with van der Waals surface area (Å²) >= 11 is 0. The molecule has 1 N–H and O–H groups in total. The van der Waals surface area contributed by atoms with Crippen LogP contribution in [0.25, 0.3) is 0 Å². The fourth-order valence-corrected chi connectivity index (χ4v) is 5.76. The zero-order chi connectivity index (χ0) is 27.8. The van der Waals surface area contributed by atoms with Crippen molar-refractivity contribution in [2.75, 3.05) is 38.1 Å². The lowest BCUT2D eigenvalue weighted by atomic mass is 10.1. The van der Waals surface area contributed by atoms with Gasteiger partial charge in [0.2, 0.25) is 10.0 Å². The third-order valence-corrected chi connectivity index (χ3v) is 8.61. The van der Waals surface area contributed by atoms with Crippen molar-refractivity contribution < 1.29 is 22.7 Å². The van der Waals surface area contributed by atoms with Crippen molar-refractivity contribution in [3.63, 3.8) is 0 Å². The standard InChI is InChI=1S/C30H35N3O5S/c1-3-4-20-38-30(35)25-10-12-27(13-11-25)31-29(34)26-7-5-6-24(21-26)22-32-16-18-33(19-17-32)39(36,37)28-14-8-23(2)9-15-28/h5-15,21H,3-4,16-20,22H2,1-2H3,(H,31,34). The first-order valence-electron chi connectivity index (χ1n) is 13.2. The predicted molar refractivity (Wildman–Crippen MR) is 151 cm³/mol. The van der Waals surface area contributed by atoms with Crippen LogP contribution in [0.3, 0.4) is 0 Å². The van der Waals surface area contributed by atoms with Crippen LogP contribution in [0.5, 0.6) is 0 Å². The van der Waals surface area contributed by atoms with Gasteiger partial charge in [-0.05, 0) is 67.4 Å². The lowest BCUT2D eigenvalue weighted by Crippen LogP contribution is -2.48. The lowest BCUT2D eigenvalue weighted by molar-refractivity contribution is 0.0499. The summed E-state index contributed by atoms with van der Waals surface area (Å²) in [5.41, 5.74) is 3.55. The fraction of sp³-hybridized carbons (Fsp3) is 0.333. The smallest absolute Gasteiger partial charge is 0.338 e. The Bertz CT molecular complexity index is 1380. The minimum Gasteiger partial charge on any atom is -0.462 e. The zero-order valence-corrected chi connectivity index (χ0v) is 23.2. The number of hydrogen-bond acceptors (Lipinski definition) is 6. The average molecular weight is 550 g/mol. The highest BCUT2D eigenvalue weighted by Crippen LogP contribution is 2.20. The number of hydrogen-bond donors (Lipinski definition) is 1. The second kappa shape index (κ2) is 13.0. The van der Waals surface area contributed by atoms with Gasteiger partial charge in [-0.3, -0.25) is 9.69 Å². The van der Waals surface area contributed by atoms with Gasteiger partial charge in [-0.2, -0.15) is 4.31 Å². The van der Waals surface area contributed by atoms with Crippen molar-refractivity contribution in [1.29, 1.82) is 0 Å². The number of carbonyl (C=O) groups is 2. The van der Waals surface area contributed by atoms with Crippen LogP contribution in [-0.2, 0) is 21.3 Å². The number of benzene rings is 3. The van der Waals surface area contributed by atoms with Crippen molar-refractivity contribution in [2.45, 2.75) is 38.1 Å². The highest BCUT2D eigenvalue weighted by Gasteiger charge is 2.28. The van der Waals surface area contributed by atoms with E-state index >= 15 is 0 Å². The summed E-state index contributed by atoms with van der Waals surface area (Å²) in [7, 11) is -3.51. The molecule has 0 aromatic heterocycles. The third-order valence-electron chi connectivity index (χ3n) is 6.69. The van der Waals surface area contributed by atoms with E-state index in [-0.39, 0.29) is 11.9 Å². The second-order valence-corrected chi connectivity index (χ2v) is 11.7. The van der Waals surface area contributed by atoms with Crippen LogP contribution in [0.1, 0.15) is 51.6 Å². The largest absolute Gasteiger partial charge is 0.462 e. The van der Waals surface area contributed by atoms with E-state index in [1.807, 2.05) is 44.2 Å². The summed E-state index contributed by atoms with van der Waals surface area (Å²) in [5.74, 6) is -0.619. The number of sulfonamides is 1. The molecule has 0 aliphatic carbocycles. The quantitative estimate of drug-likeness (QED) is 0.291. The minimum absolute atomic E-state index is 0.246. The van der Waals surface area contributed by atoms with Crippen molar-refractivity contribution >= 4 is 27.6 Å². The molecule has 1 saturated heterocycles. The second-order valence-electron chi connectivity index (χ2n) is 9.71. The SMILES string of the molecule is CCCCOC(=O)c1ccc(NC(=O)c2cccc(CN3CCN(S(=O)(=O)c4ccc(C)cc4)CC3)c2)cc1. The molecule has 0 atom stereocenters. The molecule has 0 unspecified atom stereocenters. The Morgan fingerprint density at radius 3 is 2.26 bits per heavy atom. The van der Waals surface area contributed by atoms with E-state index in [1.165, 1.54) is 4.31 Å². The topological polar surface area (TPSA) is 96.0 Å². The molecule has 0 bridgehead atoms. The number of nitrogens with one attached hydrogen (secondary N) is 1. The Morgan fingerprint density at radius 2 is 1.59 bits per heavy atom. The van der Waals surface area contributed by atoms with Gasteiger partial charge in [0, 0.05) is 44.0 Å². The summed E-state index contributed by atoms with van der Waals surface area (Å²) in [4.78, 5) is 27.5. The normalized spacial score (nSPS) is 14.6. The number of carbonyl (C=O) groups excluding carboxylic acids is 2. The van der Waals surface area contributed by atoms with Crippen LogP contribution >= 0.6 is 0 Å². The van der Waals surface area contributed by atoms with Crippen molar-refractivity contribution in [1.82, 2.24) is 9.21 Å². The molecule has 1 aliphatic heterocycles. The molecule has 1 fully saturated rings. The molecule has 1 aliphatic rings. The Labute approximate surface area is 230 Å². The highest BCUT2D eigenvalue weighted by atomic mass is 32.2. The van der Waals surface area contributed by atoms with Crippen molar-refractivity contribution in [2.24, 2.45) is 0 Å². The predicted octanol–water partition coefficient (Wildman–Crippen LogP) is 4.71. The van der Waals surface area contributed by atoms with Crippen LogP contribution < -0.4 is 5.32 Å². The van der Waals surface area contributed by atoms with E-state index in [1.54, 1.807) is 42.5 Å². The number of anilines is 1. The molecule has 39 heavy (non-hydrogen) atoms. The molecule has 1 amide bonds. The third kappa shape index (κ3) is 7.53. The first-order chi connectivity index (χ1) is 18.8. The van der Waals surface area contributed by atoms with Crippen LogP contribution in [0.15, 0.2) is 77.7 Å². The van der Waals surface area contributed by atoms with E-state index in [4.69, 9.17) is 4.74 Å². The van der Waals surface area contributed by atoms with Crippen LogP contribution in [0, 0.1) is 6.92 Å². The van der Waals surface area contributed by atoms with Gasteiger partial charge in [0.25, 0.3) is 5.91 Å². The summed E-state index contributed by atoms with van der Waals surface area (Å²) < 4.78 is 32.7.